The lowest BCUT2D eigenvalue weighted by Gasteiger charge is -2.10. The minimum Gasteiger partial charge on any atom is -0.312 e. The van der Waals surface area contributed by atoms with Crippen molar-refractivity contribution in [3.05, 3.63) is 34.3 Å². The number of benzene rings is 1. The van der Waals surface area contributed by atoms with E-state index in [1.165, 1.54) is 11.1 Å². The van der Waals surface area contributed by atoms with E-state index in [9.17, 15) is 0 Å². The first-order valence-electron chi connectivity index (χ1n) is 5.12. The van der Waals surface area contributed by atoms with Crippen LogP contribution < -0.4 is 5.32 Å². The zero-order valence-corrected chi connectivity index (χ0v) is 11.1. The molecule has 84 valence electrons. The van der Waals surface area contributed by atoms with Crippen LogP contribution in [0.1, 0.15) is 18.1 Å². The number of thioether (sulfide) groups is 1. The first-order valence-corrected chi connectivity index (χ1v) is 6.78. The second-order valence-electron chi connectivity index (χ2n) is 3.77. The fraction of sp³-hybridized carbons (Fsp3) is 0.500. The van der Waals surface area contributed by atoms with Gasteiger partial charge in [0.25, 0.3) is 0 Å². The van der Waals surface area contributed by atoms with Crippen LogP contribution >= 0.6 is 23.4 Å². The van der Waals surface area contributed by atoms with Gasteiger partial charge < -0.3 is 5.32 Å². The molecule has 0 amide bonds. The summed E-state index contributed by atoms with van der Waals surface area (Å²) < 4.78 is 0. The van der Waals surface area contributed by atoms with Crippen LogP contribution in [0.3, 0.4) is 0 Å². The highest BCUT2D eigenvalue weighted by atomic mass is 35.5. The number of hydrogen-bond donors (Lipinski definition) is 1. The molecule has 0 bridgehead atoms. The molecule has 1 aromatic rings. The summed E-state index contributed by atoms with van der Waals surface area (Å²) in [5.74, 6) is 0. The molecule has 0 aliphatic carbocycles. The van der Waals surface area contributed by atoms with Gasteiger partial charge in [0.05, 0.1) is 0 Å². The van der Waals surface area contributed by atoms with Gasteiger partial charge in [-0.25, -0.2) is 0 Å². The molecule has 1 aromatic carbocycles. The molecule has 1 nitrogen and oxygen atoms in total. The lowest BCUT2D eigenvalue weighted by atomic mass is 10.1. The summed E-state index contributed by atoms with van der Waals surface area (Å²) in [6, 6.07) is 6.20. The number of hydrogen-bond acceptors (Lipinski definition) is 2. The van der Waals surface area contributed by atoms with Crippen LogP contribution in [0.5, 0.6) is 0 Å². The Balaban J connectivity index is 2.44. The van der Waals surface area contributed by atoms with Crippen LogP contribution in [0.4, 0.5) is 0 Å². The lowest BCUT2D eigenvalue weighted by Crippen LogP contribution is -2.22. The van der Waals surface area contributed by atoms with Gasteiger partial charge in [0.1, 0.15) is 0 Å². The van der Waals surface area contributed by atoms with Crippen molar-refractivity contribution in [1.29, 1.82) is 0 Å². The van der Waals surface area contributed by atoms with E-state index in [4.69, 9.17) is 11.6 Å². The van der Waals surface area contributed by atoms with Gasteiger partial charge in [-0.3, -0.25) is 0 Å². The average molecular weight is 244 g/mol. The van der Waals surface area contributed by atoms with E-state index in [1.54, 1.807) is 0 Å². The molecule has 0 aliphatic rings. The fourth-order valence-electron chi connectivity index (χ4n) is 1.29. The Morgan fingerprint density at radius 2 is 2.20 bits per heavy atom. The van der Waals surface area contributed by atoms with Crippen LogP contribution in [0, 0.1) is 6.92 Å². The van der Waals surface area contributed by atoms with E-state index in [2.05, 4.69) is 37.6 Å². The quantitative estimate of drug-likeness (QED) is 0.850. The second-order valence-corrected chi connectivity index (χ2v) is 5.46. The molecule has 0 radical (unpaired) electrons. The van der Waals surface area contributed by atoms with Crippen molar-refractivity contribution in [2.24, 2.45) is 0 Å². The molecule has 1 rings (SSSR count). The smallest absolute Gasteiger partial charge is 0.0453 e. The third-order valence-electron chi connectivity index (χ3n) is 2.36. The van der Waals surface area contributed by atoms with Crippen molar-refractivity contribution in [1.82, 2.24) is 5.32 Å². The lowest BCUT2D eigenvalue weighted by molar-refractivity contribution is 0.684. The molecule has 1 N–H and O–H groups in total. The number of halogens is 1. The molecule has 0 saturated carbocycles. The summed E-state index contributed by atoms with van der Waals surface area (Å²) in [7, 11) is 0. The van der Waals surface area contributed by atoms with Gasteiger partial charge in [-0.2, -0.15) is 11.8 Å². The van der Waals surface area contributed by atoms with Crippen LogP contribution in [-0.2, 0) is 6.54 Å². The van der Waals surface area contributed by atoms with E-state index in [1.807, 2.05) is 17.8 Å². The predicted octanol–water partition coefficient (Wildman–Crippen LogP) is 3.49. The standard InChI is InChI=1S/C12H18ClNS/c1-9-4-5-11(12(13)6-9)8-14-7-10(2)15-3/h4-6,10,14H,7-8H2,1-3H3. The Hall–Kier alpha value is -0.180. The van der Waals surface area contributed by atoms with Crippen molar-refractivity contribution in [3.63, 3.8) is 0 Å². The topological polar surface area (TPSA) is 12.0 Å². The van der Waals surface area contributed by atoms with Crippen LogP contribution in [0.25, 0.3) is 0 Å². The van der Waals surface area contributed by atoms with E-state index in [0.29, 0.717) is 5.25 Å². The Morgan fingerprint density at radius 3 is 2.80 bits per heavy atom. The number of aryl methyl sites for hydroxylation is 1. The van der Waals surface area contributed by atoms with Crippen LogP contribution in [0.2, 0.25) is 5.02 Å². The molecule has 1 unspecified atom stereocenters. The molecular formula is C12H18ClNS. The maximum absolute atomic E-state index is 6.13. The van der Waals surface area contributed by atoms with Gasteiger partial charge in [-0.05, 0) is 30.4 Å². The van der Waals surface area contributed by atoms with E-state index in [-0.39, 0.29) is 0 Å². The molecule has 0 aliphatic heterocycles. The average Bonchev–Trinajstić information content (AvgIpc) is 2.21. The first-order chi connectivity index (χ1) is 7.13. The minimum atomic E-state index is 0.647. The largest absolute Gasteiger partial charge is 0.312 e. The third-order valence-corrected chi connectivity index (χ3v) is 3.68. The maximum atomic E-state index is 6.13. The second kappa shape index (κ2) is 6.41. The van der Waals surface area contributed by atoms with Crippen molar-refractivity contribution in [2.45, 2.75) is 25.6 Å². The summed E-state index contributed by atoms with van der Waals surface area (Å²) in [5, 5.41) is 4.92. The van der Waals surface area contributed by atoms with Gasteiger partial charge in [-0.15, -0.1) is 0 Å². The van der Waals surface area contributed by atoms with E-state index >= 15 is 0 Å². The highest BCUT2D eigenvalue weighted by molar-refractivity contribution is 7.99. The molecule has 0 aromatic heterocycles. The highest BCUT2D eigenvalue weighted by Crippen LogP contribution is 2.17. The van der Waals surface area contributed by atoms with Gasteiger partial charge in [-0.1, -0.05) is 30.7 Å². The maximum Gasteiger partial charge on any atom is 0.0453 e. The third kappa shape index (κ3) is 4.45. The Labute approximate surface area is 102 Å². The minimum absolute atomic E-state index is 0.647. The normalized spacial score (nSPS) is 12.8. The van der Waals surface area contributed by atoms with Crippen molar-refractivity contribution in [3.8, 4) is 0 Å². The summed E-state index contributed by atoms with van der Waals surface area (Å²) >= 11 is 8.00. The summed E-state index contributed by atoms with van der Waals surface area (Å²) in [4.78, 5) is 0. The Morgan fingerprint density at radius 1 is 1.47 bits per heavy atom. The molecule has 0 saturated heterocycles. The Bertz CT molecular complexity index is 314. The zero-order valence-electron chi connectivity index (χ0n) is 9.51. The van der Waals surface area contributed by atoms with Crippen molar-refractivity contribution in [2.75, 3.05) is 12.8 Å². The predicted molar refractivity (Wildman–Crippen MR) is 70.9 cm³/mol. The van der Waals surface area contributed by atoms with Gasteiger partial charge in [0.2, 0.25) is 0 Å². The van der Waals surface area contributed by atoms with Gasteiger partial charge in [0, 0.05) is 23.4 Å². The van der Waals surface area contributed by atoms with Gasteiger partial charge in [0.15, 0.2) is 0 Å². The summed E-state index contributed by atoms with van der Waals surface area (Å²) in [6.45, 7) is 6.14. The highest BCUT2D eigenvalue weighted by Gasteiger charge is 2.02. The molecular weight excluding hydrogens is 226 g/mol. The van der Waals surface area contributed by atoms with E-state index in [0.717, 1.165) is 18.1 Å². The number of rotatable bonds is 5. The van der Waals surface area contributed by atoms with Crippen molar-refractivity contribution >= 4 is 23.4 Å². The monoisotopic (exact) mass is 243 g/mol. The molecule has 0 spiro atoms. The number of nitrogens with one attached hydrogen (secondary N) is 1. The summed E-state index contributed by atoms with van der Waals surface area (Å²) in [6.07, 6.45) is 2.13. The van der Waals surface area contributed by atoms with E-state index < -0.39 is 0 Å². The molecule has 0 heterocycles. The molecule has 15 heavy (non-hydrogen) atoms. The van der Waals surface area contributed by atoms with Gasteiger partial charge >= 0.3 is 0 Å². The zero-order chi connectivity index (χ0) is 11.3. The van der Waals surface area contributed by atoms with Crippen LogP contribution in [-0.4, -0.2) is 18.1 Å². The molecule has 0 fully saturated rings. The molecule has 1 atom stereocenters. The van der Waals surface area contributed by atoms with Crippen molar-refractivity contribution < 1.29 is 0 Å². The molecule has 3 heteroatoms. The van der Waals surface area contributed by atoms with Crippen LogP contribution in [0.15, 0.2) is 18.2 Å². The SMILES string of the molecule is CSC(C)CNCc1ccc(C)cc1Cl. The Kier molecular flexibility index (Phi) is 5.51. The first kappa shape index (κ1) is 12.9. The summed E-state index contributed by atoms with van der Waals surface area (Å²) in [5.41, 5.74) is 2.39. The fourth-order valence-corrected chi connectivity index (χ4v) is 1.88.